The van der Waals surface area contributed by atoms with Crippen LogP contribution >= 0.6 is 0 Å². The van der Waals surface area contributed by atoms with Gasteiger partial charge in [-0.2, -0.15) is 5.26 Å². The number of unbranched alkanes of at least 4 members (excludes halogenated alkanes) is 1. The van der Waals surface area contributed by atoms with Crippen LogP contribution in [0, 0.1) is 11.3 Å². The van der Waals surface area contributed by atoms with Gasteiger partial charge in [0, 0.05) is 18.7 Å². The highest BCUT2D eigenvalue weighted by atomic mass is 15.1. The molecule has 0 amide bonds. The Bertz CT molecular complexity index is 200. The summed E-state index contributed by atoms with van der Waals surface area (Å²) in [5.74, 6) is 0. The Labute approximate surface area is 74.5 Å². The van der Waals surface area contributed by atoms with Crippen LogP contribution in [0.15, 0.2) is 11.6 Å². The molecule has 2 heteroatoms. The second-order valence-electron chi connectivity index (χ2n) is 3.26. The minimum atomic E-state index is 0.872. The maximum absolute atomic E-state index is 8.69. The summed E-state index contributed by atoms with van der Waals surface area (Å²) in [6.45, 7) is 5.35. The van der Waals surface area contributed by atoms with Crippen molar-refractivity contribution >= 4 is 0 Å². The summed E-state index contributed by atoms with van der Waals surface area (Å²) in [5, 5.41) is 8.69. The van der Waals surface area contributed by atoms with Gasteiger partial charge in [-0.3, -0.25) is 4.90 Å². The zero-order valence-electron chi connectivity index (χ0n) is 7.71. The summed E-state index contributed by atoms with van der Waals surface area (Å²) >= 11 is 0. The van der Waals surface area contributed by atoms with Gasteiger partial charge in [0.25, 0.3) is 0 Å². The molecular weight excluding hydrogens is 148 g/mol. The van der Waals surface area contributed by atoms with E-state index in [1.54, 1.807) is 0 Å². The van der Waals surface area contributed by atoms with E-state index in [1.807, 2.05) is 0 Å². The molecule has 0 N–H and O–H groups in total. The summed E-state index contributed by atoms with van der Waals surface area (Å²) in [4.78, 5) is 2.36. The summed E-state index contributed by atoms with van der Waals surface area (Å²) in [6.07, 6.45) is 5.59. The third-order valence-electron chi connectivity index (χ3n) is 2.20. The summed E-state index contributed by atoms with van der Waals surface area (Å²) in [7, 11) is 0. The van der Waals surface area contributed by atoms with Gasteiger partial charge in [0.2, 0.25) is 0 Å². The lowest BCUT2D eigenvalue weighted by Crippen LogP contribution is -2.30. The number of hydrogen-bond donors (Lipinski definition) is 0. The van der Waals surface area contributed by atoms with Crippen LogP contribution in [0.2, 0.25) is 0 Å². The van der Waals surface area contributed by atoms with E-state index < -0.39 is 0 Å². The predicted molar refractivity (Wildman–Crippen MR) is 49.7 cm³/mol. The first-order valence-electron chi connectivity index (χ1n) is 4.68. The molecule has 0 spiro atoms. The van der Waals surface area contributed by atoms with Crippen LogP contribution in [0.3, 0.4) is 0 Å². The number of nitrogens with zero attached hydrogens (tertiary/aromatic N) is 2. The fraction of sp³-hybridized carbons (Fsp3) is 0.700. The highest BCUT2D eigenvalue weighted by Crippen LogP contribution is 2.09. The fourth-order valence-electron chi connectivity index (χ4n) is 1.46. The SMILES string of the molecule is CCCCN1CCC=C(C#N)C1. The van der Waals surface area contributed by atoms with Crippen molar-refractivity contribution in [2.45, 2.75) is 26.2 Å². The summed E-state index contributed by atoms with van der Waals surface area (Å²) in [5.41, 5.74) is 0.942. The molecule has 1 aliphatic heterocycles. The lowest BCUT2D eigenvalue weighted by Gasteiger charge is -2.24. The summed E-state index contributed by atoms with van der Waals surface area (Å²) < 4.78 is 0. The maximum atomic E-state index is 8.69. The molecule has 0 radical (unpaired) electrons. The van der Waals surface area contributed by atoms with Crippen LogP contribution < -0.4 is 0 Å². The molecule has 1 heterocycles. The minimum absolute atomic E-state index is 0.872. The van der Waals surface area contributed by atoms with Crippen LogP contribution in [0.4, 0.5) is 0 Å². The van der Waals surface area contributed by atoms with Crippen molar-refractivity contribution in [1.29, 1.82) is 5.26 Å². The largest absolute Gasteiger partial charge is 0.298 e. The third kappa shape index (κ3) is 2.67. The monoisotopic (exact) mass is 164 g/mol. The number of nitriles is 1. The average molecular weight is 164 g/mol. The van der Waals surface area contributed by atoms with Gasteiger partial charge >= 0.3 is 0 Å². The molecule has 0 fully saturated rings. The Morgan fingerprint density at radius 3 is 3.17 bits per heavy atom. The molecule has 0 unspecified atom stereocenters. The van der Waals surface area contributed by atoms with Crippen LogP contribution in [-0.2, 0) is 0 Å². The quantitative estimate of drug-likeness (QED) is 0.637. The van der Waals surface area contributed by atoms with Crippen LogP contribution in [0.1, 0.15) is 26.2 Å². The van der Waals surface area contributed by atoms with Crippen molar-refractivity contribution in [2.75, 3.05) is 19.6 Å². The van der Waals surface area contributed by atoms with E-state index in [0.717, 1.165) is 31.6 Å². The standard InChI is InChI=1S/C10H16N2/c1-2-3-6-12-7-4-5-10(8-11)9-12/h5H,2-4,6-7,9H2,1H3. The van der Waals surface area contributed by atoms with Gasteiger partial charge in [-0.15, -0.1) is 0 Å². The van der Waals surface area contributed by atoms with Gasteiger partial charge in [0.1, 0.15) is 0 Å². The normalized spacial score (nSPS) is 18.5. The van der Waals surface area contributed by atoms with E-state index in [2.05, 4.69) is 24.0 Å². The molecule has 1 rings (SSSR count). The minimum Gasteiger partial charge on any atom is -0.298 e. The Morgan fingerprint density at radius 2 is 2.50 bits per heavy atom. The molecular formula is C10H16N2. The maximum Gasteiger partial charge on any atom is 0.0957 e. The molecule has 0 saturated carbocycles. The Kier molecular flexibility index (Phi) is 3.83. The second-order valence-corrected chi connectivity index (χ2v) is 3.26. The van der Waals surface area contributed by atoms with Crippen molar-refractivity contribution in [3.05, 3.63) is 11.6 Å². The molecule has 66 valence electrons. The Balaban J connectivity index is 2.32. The highest BCUT2D eigenvalue weighted by molar-refractivity contribution is 5.23. The predicted octanol–water partition coefficient (Wildman–Crippen LogP) is 1.94. The number of rotatable bonds is 3. The Hall–Kier alpha value is -0.810. The van der Waals surface area contributed by atoms with Crippen molar-refractivity contribution < 1.29 is 0 Å². The molecule has 0 aliphatic carbocycles. The topological polar surface area (TPSA) is 27.0 Å². The van der Waals surface area contributed by atoms with Gasteiger partial charge in [-0.1, -0.05) is 19.4 Å². The van der Waals surface area contributed by atoms with Gasteiger partial charge in [0.05, 0.1) is 6.07 Å². The third-order valence-corrected chi connectivity index (χ3v) is 2.20. The molecule has 0 atom stereocenters. The highest BCUT2D eigenvalue weighted by Gasteiger charge is 2.10. The van der Waals surface area contributed by atoms with E-state index in [0.29, 0.717) is 0 Å². The second kappa shape index (κ2) is 4.95. The van der Waals surface area contributed by atoms with E-state index >= 15 is 0 Å². The van der Waals surface area contributed by atoms with Gasteiger partial charge in [0.15, 0.2) is 0 Å². The average Bonchev–Trinajstić information content (AvgIpc) is 2.15. The van der Waals surface area contributed by atoms with Crippen LogP contribution in [0.5, 0.6) is 0 Å². The lowest BCUT2D eigenvalue weighted by atomic mass is 10.1. The Morgan fingerprint density at radius 1 is 1.67 bits per heavy atom. The van der Waals surface area contributed by atoms with E-state index in [-0.39, 0.29) is 0 Å². The van der Waals surface area contributed by atoms with Crippen LogP contribution in [-0.4, -0.2) is 24.5 Å². The first-order chi connectivity index (χ1) is 5.86. The zero-order valence-corrected chi connectivity index (χ0v) is 7.71. The van der Waals surface area contributed by atoms with Crippen molar-refractivity contribution in [3.8, 4) is 6.07 Å². The van der Waals surface area contributed by atoms with Gasteiger partial charge in [-0.05, 0) is 19.4 Å². The van der Waals surface area contributed by atoms with Crippen molar-refractivity contribution in [3.63, 3.8) is 0 Å². The van der Waals surface area contributed by atoms with E-state index in [9.17, 15) is 0 Å². The lowest BCUT2D eigenvalue weighted by molar-refractivity contribution is 0.289. The molecule has 0 saturated heterocycles. The summed E-state index contributed by atoms with van der Waals surface area (Å²) in [6, 6.07) is 2.23. The van der Waals surface area contributed by atoms with E-state index in [1.165, 1.54) is 12.8 Å². The zero-order chi connectivity index (χ0) is 8.81. The number of hydrogen-bond acceptors (Lipinski definition) is 2. The van der Waals surface area contributed by atoms with Gasteiger partial charge < -0.3 is 0 Å². The molecule has 12 heavy (non-hydrogen) atoms. The first kappa shape index (κ1) is 9.28. The molecule has 0 aromatic heterocycles. The van der Waals surface area contributed by atoms with Gasteiger partial charge in [-0.25, -0.2) is 0 Å². The fourth-order valence-corrected chi connectivity index (χ4v) is 1.46. The molecule has 0 aromatic carbocycles. The van der Waals surface area contributed by atoms with Crippen molar-refractivity contribution in [2.24, 2.45) is 0 Å². The van der Waals surface area contributed by atoms with Crippen molar-refractivity contribution in [1.82, 2.24) is 4.90 Å². The smallest absolute Gasteiger partial charge is 0.0957 e. The molecule has 0 aromatic rings. The van der Waals surface area contributed by atoms with Crippen LogP contribution in [0.25, 0.3) is 0 Å². The molecule has 1 aliphatic rings. The van der Waals surface area contributed by atoms with E-state index in [4.69, 9.17) is 5.26 Å². The molecule has 0 bridgehead atoms. The molecule has 2 nitrogen and oxygen atoms in total. The first-order valence-corrected chi connectivity index (χ1v) is 4.68.